The molecule has 13 heavy (non-hydrogen) atoms. The first-order chi connectivity index (χ1) is 6.18. The number of hydrogen-bond donors (Lipinski definition) is 1. The molecule has 2 rings (SSSR count). The molecular weight excluding hydrogens is 167 g/mol. The highest BCUT2D eigenvalue weighted by Crippen LogP contribution is 2.37. The van der Waals surface area contributed by atoms with Crippen molar-refractivity contribution in [3.8, 4) is 0 Å². The van der Waals surface area contributed by atoms with Gasteiger partial charge in [0.05, 0.1) is 6.10 Å². The Hall–Kier alpha value is -0.890. The zero-order chi connectivity index (χ0) is 9.42. The Morgan fingerprint density at radius 3 is 2.62 bits per heavy atom. The van der Waals surface area contributed by atoms with Crippen molar-refractivity contribution in [3.05, 3.63) is 35.1 Å². The highest BCUT2D eigenvalue weighted by molar-refractivity contribution is 5.28. The van der Waals surface area contributed by atoms with E-state index in [1.165, 1.54) is 0 Å². The minimum absolute atomic E-state index is 0.162. The second-order valence-corrected chi connectivity index (χ2v) is 3.76. The van der Waals surface area contributed by atoms with Crippen molar-refractivity contribution in [1.82, 2.24) is 0 Å². The standard InChI is InChI=1S/C11H13FO/c1-7-2-3-8(6-10(7)12)9-4-5-11(9)13/h2-3,6,9,11,13H,4-5H2,1H3. The maximum absolute atomic E-state index is 13.1. The molecule has 1 aromatic carbocycles. The van der Waals surface area contributed by atoms with Crippen LogP contribution in [0, 0.1) is 12.7 Å². The summed E-state index contributed by atoms with van der Waals surface area (Å²) in [5.41, 5.74) is 1.60. The molecule has 0 spiro atoms. The van der Waals surface area contributed by atoms with E-state index in [-0.39, 0.29) is 17.8 Å². The number of aliphatic hydroxyl groups is 1. The minimum Gasteiger partial charge on any atom is -0.392 e. The van der Waals surface area contributed by atoms with Crippen LogP contribution in [0.1, 0.15) is 29.9 Å². The Morgan fingerprint density at radius 1 is 1.38 bits per heavy atom. The average molecular weight is 180 g/mol. The molecule has 2 atom stereocenters. The van der Waals surface area contributed by atoms with Gasteiger partial charge in [0.1, 0.15) is 5.82 Å². The lowest BCUT2D eigenvalue weighted by Gasteiger charge is -2.32. The number of hydrogen-bond acceptors (Lipinski definition) is 1. The van der Waals surface area contributed by atoms with E-state index in [2.05, 4.69) is 0 Å². The van der Waals surface area contributed by atoms with Gasteiger partial charge in [-0.15, -0.1) is 0 Å². The molecule has 1 fully saturated rings. The summed E-state index contributed by atoms with van der Waals surface area (Å²) in [6.45, 7) is 1.75. The summed E-state index contributed by atoms with van der Waals surface area (Å²) in [6.07, 6.45) is 1.56. The van der Waals surface area contributed by atoms with Crippen LogP contribution in [-0.4, -0.2) is 11.2 Å². The molecule has 0 aromatic heterocycles. The highest BCUT2D eigenvalue weighted by Gasteiger charge is 2.30. The van der Waals surface area contributed by atoms with Crippen LogP contribution in [0.4, 0.5) is 4.39 Å². The molecule has 0 amide bonds. The van der Waals surface area contributed by atoms with Gasteiger partial charge in [0.15, 0.2) is 0 Å². The van der Waals surface area contributed by atoms with E-state index in [9.17, 15) is 9.50 Å². The van der Waals surface area contributed by atoms with Gasteiger partial charge in [-0.2, -0.15) is 0 Å². The summed E-state index contributed by atoms with van der Waals surface area (Å²) in [4.78, 5) is 0. The fraction of sp³-hybridized carbons (Fsp3) is 0.455. The van der Waals surface area contributed by atoms with E-state index in [1.807, 2.05) is 6.07 Å². The monoisotopic (exact) mass is 180 g/mol. The molecule has 1 N–H and O–H groups in total. The lowest BCUT2D eigenvalue weighted by atomic mass is 9.77. The SMILES string of the molecule is Cc1ccc(C2CCC2O)cc1F. The van der Waals surface area contributed by atoms with Crippen molar-refractivity contribution < 1.29 is 9.50 Å². The third kappa shape index (κ3) is 1.46. The molecule has 0 heterocycles. The first kappa shape index (κ1) is 8.70. The zero-order valence-corrected chi connectivity index (χ0v) is 7.63. The first-order valence-electron chi connectivity index (χ1n) is 4.62. The quantitative estimate of drug-likeness (QED) is 0.703. The van der Waals surface area contributed by atoms with Crippen molar-refractivity contribution >= 4 is 0 Å². The van der Waals surface area contributed by atoms with Crippen LogP contribution in [0.15, 0.2) is 18.2 Å². The van der Waals surface area contributed by atoms with Crippen molar-refractivity contribution in [2.24, 2.45) is 0 Å². The van der Waals surface area contributed by atoms with E-state index >= 15 is 0 Å². The Balaban J connectivity index is 2.26. The Kier molecular flexibility index (Phi) is 2.08. The largest absolute Gasteiger partial charge is 0.392 e. The smallest absolute Gasteiger partial charge is 0.126 e. The maximum atomic E-state index is 13.1. The van der Waals surface area contributed by atoms with Crippen LogP contribution in [0.25, 0.3) is 0 Å². The molecule has 1 aromatic rings. The number of aliphatic hydroxyl groups excluding tert-OH is 1. The molecule has 1 aliphatic carbocycles. The van der Waals surface area contributed by atoms with Gasteiger partial charge in [-0.05, 0) is 37.0 Å². The van der Waals surface area contributed by atoms with Crippen molar-refractivity contribution in [3.63, 3.8) is 0 Å². The van der Waals surface area contributed by atoms with E-state index in [0.29, 0.717) is 5.56 Å². The van der Waals surface area contributed by atoms with Gasteiger partial charge in [0.25, 0.3) is 0 Å². The summed E-state index contributed by atoms with van der Waals surface area (Å²) >= 11 is 0. The van der Waals surface area contributed by atoms with Crippen LogP contribution in [-0.2, 0) is 0 Å². The Bertz CT molecular complexity index is 322. The number of rotatable bonds is 1. The molecule has 0 aliphatic heterocycles. The summed E-state index contributed by atoms with van der Waals surface area (Å²) in [5.74, 6) is -0.00769. The second kappa shape index (κ2) is 3.11. The molecule has 1 aliphatic rings. The van der Waals surface area contributed by atoms with Gasteiger partial charge in [-0.1, -0.05) is 12.1 Å². The minimum atomic E-state index is -0.262. The van der Waals surface area contributed by atoms with Gasteiger partial charge < -0.3 is 5.11 Å². The predicted molar refractivity (Wildman–Crippen MR) is 49.1 cm³/mol. The number of benzene rings is 1. The van der Waals surface area contributed by atoms with Crippen molar-refractivity contribution in [2.75, 3.05) is 0 Å². The van der Waals surface area contributed by atoms with Gasteiger partial charge in [-0.25, -0.2) is 4.39 Å². The van der Waals surface area contributed by atoms with Gasteiger partial charge in [0, 0.05) is 5.92 Å². The second-order valence-electron chi connectivity index (χ2n) is 3.76. The molecule has 2 unspecified atom stereocenters. The zero-order valence-electron chi connectivity index (χ0n) is 7.63. The fourth-order valence-corrected chi connectivity index (χ4v) is 1.71. The molecular formula is C11H13FO. The maximum Gasteiger partial charge on any atom is 0.126 e. The Morgan fingerprint density at radius 2 is 2.15 bits per heavy atom. The van der Waals surface area contributed by atoms with Crippen LogP contribution >= 0.6 is 0 Å². The molecule has 70 valence electrons. The highest BCUT2D eigenvalue weighted by atomic mass is 19.1. The number of aryl methyl sites for hydroxylation is 1. The third-order valence-electron chi connectivity index (χ3n) is 2.86. The van der Waals surface area contributed by atoms with Gasteiger partial charge in [0.2, 0.25) is 0 Å². The lowest BCUT2D eigenvalue weighted by molar-refractivity contribution is 0.0660. The number of halogens is 1. The van der Waals surface area contributed by atoms with Crippen molar-refractivity contribution in [2.45, 2.75) is 31.8 Å². The van der Waals surface area contributed by atoms with Crippen molar-refractivity contribution in [1.29, 1.82) is 0 Å². The first-order valence-corrected chi connectivity index (χ1v) is 4.62. The van der Waals surface area contributed by atoms with Crippen LogP contribution < -0.4 is 0 Å². The molecule has 0 radical (unpaired) electrons. The van der Waals surface area contributed by atoms with Crippen LogP contribution in [0.3, 0.4) is 0 Å². The third-order valence-corrected chi connectivity index (χ3v) is 2.86. The molecule has 1 nitrogen and oxygen atoms in total. The van der Waals surface area contributed by atoms with E-state index in [1.54, 1.807) is 19.1 Å². The Labute approximate surface area is 77.2 Å². The molecule has 0 bridgehead atoms. The summed E-state index contributed by atoms with van der Waals surface area (Å²) in [7, 11) is 0. The normalized spacial score (nSPS) is 27.0. The van der Waals surface area contributed by atoms with Crippen LogP contribution in [0.2, 0.25) is 0 Å². The summed E-state index contributed by atoms with van der Waals surface area (Å²) < 4.78 is 13.1. The van der Waals surface area contributed by atoms with E-state index in [0.717, 1.165) is 18.4 Å². The van der Waals surface area contributed by atoms with Crippen LogP contribution in [0.5, 0.6) is 0 Å². The molecule has 2 heteroatoms. The van der Waals surface area contributed by atoms with Gasteiger partial charge in [-0.3, -0.25) is 0 Å². The fourth-order valence-electron chi connectivity index (χ4n) is 1.71. The summed E-state index contributed by atoms with van der Waals surface area (Å²) in [5, 5.41) is 9.40. The average Bonchev–Trinajstić information content (AvgIpc) is 2.09. The van der Waals surface area contributed by atoms with E-state index in [4.69, 9.17) is 0 Å². The van der Waals surface area contributed by atoms with E-state index < -0.39 is 0 Å². The molecule has 0 saturated heterocycles. The lowest BCUT2D eigenvalue weighted by Crippen LogP contribution is -2.28. The molecule has 1 saturated carbocycles. The predicted octanol–water partition coefficient (Wildman–Crippen LogP) is 2.37. The summed E-state index contributed by atoms with van der Waals surface area (Å²) in [6, 6.07) is 5.23. The van der Waals surface area contributed by atoms with Gasteiger partial charge >= 0.3 is 0 Å². The topological polar surface area (TPSA) is 20.2 Å².